The lowest BCUT2D eigenvalue weighted by atomic mass is 9.95. The van der Waals surface area contributed by atoms with Crippen molar-refractivity contribution in [3.8, 4) is 29.1 Å². The van der Waals surface area contributed by atoms with Gasteiger partial charge in [-0.2, -0.15) is 15.5 Å². The summed E-state index contributed by atoms with van der Waals surface area (Å²) >= 11 is 0. The second-order valence-electron chi connectivity index (χ2n) is 5.55. The first-order valence-electron chi connectivity index (χ1n) is 7.66. The van der Waals surface area contributed by atoms with Gasteiger partial charge in [0.05, 0.1) is 7.11 Å². The van der Waals surface area contributed by atoms with Crippen molar-refractivity contribution < 1.29 is 9.53 Å². The Bertz CT molecular complexity index is 953. The molecular formula is C18H15N5O2. The third-order valence-corrected chi connectivity index (χ3v) is 3.98. The molecule has 124 valence electrons. The number of amides is 1. The van der Waals surface area contributed by atoms with Crippen molar-refractivity contribution in [2.75, 3.05) is 24.3 Å². The van der Waals surface area contributed by atoms with Gasteiger partial charge in [-0.1, -0.05) is 12.1 Å². The van der Waals surface area contributed by atoms with Gasteiger partial charge >= 0.3 is 0 Å². The monoisotopic (exact) mass is 333 g/mol. The molecule has 1 aliphatic rings. The van der Waals surface area contributed by atoms with Crippen molar-refractivity contribution in [3.05, 3.63) is 34.9 Å². The number of ether oxygens (including phenoxy) is 1. The highest BCUT2D eigenvalue weighted by Crippen LogP contribution is 2.38. The molecular weight excluding hydrogens is 318 g/mol. The molecule has 1 aromatic carbocycles. The number of carbonyl (C=O) groups is 1. The van der Waals surface area contributed by atoms with E-state index in [1.165, 1.54) is 19.6 Å². The first-order chi connectivity index (χ1) is 12.1. The summed E-state index contributed by atoms with van der Waals surface area (Å²) in [5, 5.41) is 25.1. The van der Waals surface area contributed by atoms with Crippen LogP contribution in [0.3, 0.4) is 0 Å². The van der Waals surface area contributed by atoms with Crippen LogP contribution in [0.1, 0.15) is 23.6 Å². The number of benzene rings is 1. The minimum atomic E-state index is -0.364. The van der Waals surface area contributed by atoms with Gasteiger partial charge < -0.3 is 15.4 Å². The number of aromatic nitrogens is 1. The number of pyridine rings is 1. The van der Waals surface area contributed by atoms with E-state index >= 15 is 0 Å². The summed E-state index contributed by atoms with van der Waals surface area (Å²) in [6.45, 7) is 2.18. The quantitative estimate of drug-likeness (QED) is 0.892. The minimum absolute atomic E-state index is 0.0636. The number of nitriles is 2. The van der Waals surface area contributed by atoms with Gasteiger partial charge in [-0.25, -0.2) is 0 Å². The average Bonchev–Trinajstić information content (AvgIpc) is 3.07. The highest BCUT2D eigenvalue weighted by molar-refractivity contribution is 5.93. The lowest BCUT2D eigenvalue weighted by Crippen LogP contribution is -2.12. The first kappa shape index (κ1) is 16.3. The zero-order chi connectivity index (χ0) is 18.0. The third-order valence-electron chi connectivity index (χ3n) is 3.98. The van der Waals surface area contributed by atoms with Gasteiger partial charge in [0.25, 0.3) is 0 Å². The average molecular weight is 333 g/mol. The highest BCUT2D eigenvalue weighted by Gasteiger charge is 2.23. The summed E-state index contributed by atoms with van der Waals surface area (Å²) < 4.78 is 5.20. The van der Waals surface area contributed by atoms with E-state index < -0.39 is 0 Å². The van der Waals surface area contributed by atoms with E-state index in [-0.39, 0.29) is 28.7 Å². The van der Waals surface area contributed by atoms with Crippen molar-refractivity contribution >= 4 is 17.4 Å². The standard InChI is InChI=1S/C18H15N5O2/c1-10(24)22-17-13(8-19)16(14(9-20)18(23-17)25-2)12-4-3-11-5-6-21-15(11)7-12/h3-4,7,21H,5-6H2,1-2H3,(H,22,23,24). The summed E-state index contributed by atoms with van der Waals surface area (Å²) in [4.78, 5) is 15.6. The van der Waals surface area contributed by atoms with Gasteiger partial charge in [0.2, 0.25) is 11.8 Å². The molecule has 0 bridgehead atoms. The van der Waals surface area contributed by atoms with Gasteiger partial charge in [0, 0.05) is 24.7 Å². The molecule has 0 aliphatic carbocycles. The molecule has 3 rings (SSSR count). The number of methoxy groups -OCH3 is 1. The van der Waals surface area contributed by atoms with Crippen LogP contribution in [0.25, 0.3) is 11.1 Å². The zero-order valence-electron chi connectivity index (χ0n) is 13.8. The maximum absolute atomic E-state index is 11.5. The summed E-state index contributed by atoms with van der Waals surface area (Å²) in [6.07, 6.45) is 0.933. The Morgan fingerprint density at radius 2 is 2.08 bits per heavy atom. The Morgan fingerprint density at radius 3 is 2.72 bits per heavy atom. The van der Waals surface area contributed by atoms with E-state index in [4.69, 9.17) is 4.74 Å². The number of rotatable bonds is 3. The molecule has 2 N–H and O–H groups in total. The smallest absolute Gasteiger partial charge is 0.234 e. The number of hydrogen-bond acceptors (Lipinski definition) is 6. The lowest BCUT2D eigenvalue weighted by molar-refractivity contribution is -0.114. The Hall–Kier alpha value is -3.58. The van der Waals surface area contributed by atoms with Crippen LogP contribution >= 0.6 is 0 Å². The Morgan fingerprint density at radius 1 is 1.32 bits per heavy atom. The van der Waals surface area contributed by atoms with Crippen LogP contribution in [0, 0.1) is 22.7 Å². The normalized spacial score (nSPS) is 11.7. The molecule has 1 amide bonds. The molecule has 0 radical (unpaired) electrons. The van der Waals surface area contributed by atoms with Crippen molar-refractivity contribution in [1.29, 1.82) is 10.5 Å². The zero-order valence-corrected chi connectivity index (χ0v) is 13.8. The van der Waals surface area contributed by atoms with Crippen LogP contribution in [-0.2, 0) is 11.2 Å². The van der Waals surface area contributed by atoms with E-state index in [1.54, 1.807) is 0 Å². The molecule has 1 aromatic heterocycles. The molecule has 25 heavy (non-hydrogen) atoms. The number of nitrogens with one attached hydrogen (secondary N) is 2. The highest BCUT2D eigenvalue weighted by atomic mass is 16.5. The maximum atomic E-state index is 11.5. The van der Waals surface area contributed by atoms with Crippen molar-refractivity contribution in [2.45, 2.75) is 13.3 Å². The van der Waals surface area contributed by atoms with Gasteiger partial charge in [-0.15, -0.1) is 0 Å². The van der Waals surface area contributed by atoms with Crippen LogP contribution < -0.4 is 15.4 Å². The number of carbonyl (C=O) groups excluding carboxylic acids is 1. The van der Waals surface area contributed by atoms with Crippen molar-refractivity contribution in [2.24, 2.45) is 0 Å². The van der Waals surface area contributed by atoms with Crippen LogP contribution in [0.2, 0.25) is 0 Å². The molecule has 0 atom stereocenters. The van der Waals surface area contributed by atoms with Gasteiger partial charge in [0.1, 0.15) is 23.3 Å². The maximum Gasteiger partial charge on any atom is 0.234 e. The number of fused-ring (bicyclic) bond motifs is 1. The number of anilines is 2. The van der Waals surface area contributed by atoms with Crippen molar-refractivity contribution in [1.82, 2.24) is 4.98 Å². The summed E-state index contributed by atoms with van der Waals surface area (Å²) in [6, 6.07) is 9.85. The first-order valence-corrected chi connectivity index (χ1v) is 7.66. The SMILES string of the molecule is COc1nc(NC(C)=O)c(C#N)c(-c2ccc3c(c2)NCC3)c1C#N. The molecule has 7 heteroatoms. The molecule has 2 heterocycles. The van der Waals surface area contributed by atoms with Gasteiger partial charge in [0.15, 0.2) is 5.82 Å². The topological polar surface area (TPSA) is 111 Å². The largest absolute Gasteiger partial charge is 0.480 e. The molecule has 0 spiro atoms. The van der Waals surface area contributed by atoms with Crippen LogP contribution in [-0.4, -0.2) is 24.5 Å². The molecule has 0 saturated carbocycles. The molecule has 0 saturated heterocycles. The Balaban J connectivity index is 2.31. The molecule has 0 unspecified atom stereocenters. The summed E-state index contributed by atoms with van der Waals surface area (Å²) in [7, 11) is 1.39. The fourth-order valence-electron chi connectivity index (χ4n) is 2.92. The molecule has 7 nitrogen and oxygen atoms in total. The second-order valence-corrected chi connectivity index (χ2v) is 5.55. The Labute approximate surface area is 144 Å². The predicted molar refractivity (Wildman–Crippen MR) is 92.2 cm³/mol. The van der Waals surface area contributed by atoms with Crippen LogP contribution in [0.15, 0.2) is 18.2 Å². The molecule has 0 fully saturated rings. The van der Waals surface area contributed by atoms with Crippen molar-refractivity contribution in [3.63, 3.8) is 0 Å². The van der Waals surface area contributed by atoms with Crippen LogP contribution in [0.5, 0.6) is 5.88 Å². The van der Waals surface area contributed by atoms with E-state index in [0.717, 1.165) is 18.7 Å². The fourth-order valence-corrected chi connectivity index (χ4v) is 2.92. The number of nitrogens with zero attached hydrogens (tertiary/aromatic N) is 3. The lowest BCUT2D eigenvalue weighted by Gasteiger charge is -2.15. The molecule has 2 aromatic rings. The van der Waals surface area contributed by atoms with E-state index in [9.17, 15) is 15.3 Å². The van der Waals surface area contributed by atoms with E-state index in [1.807, 2.05) is 18.2 Å². The Kier molecular flexibility index (Phi) is 4.23. The van der Waals surface area contributed by atoms with E-state index in [0.29, 0.717) is 11.1 Å². The third kappa shape index (κ3) is 2.84. The van der Waals surface area contributed by atoms with Gasteiger partial charge in [-0.05, 0) is 23.6 Å². The summed E-state index contributed by atoms with van der Waals surface area (Å²) in [5.74, 6) is -0.222. The summed E-state index contributed by atoms with van der Waals surface area (Å²) in [5.41, 5.74) is 3.54. The minimum Gasteiger partial charge on any atom is -0.480 e. The predicted octanol–water partition coefficient (Wildman–Crippen LogP) is 2.43. The number of hydrogen-bond donors (Lipinski definition) is 2. The van der Waals surface area contributed by atoms with E-state index in [2.05, 4.69) is 27.8 Å². The van der Waals surface area contributed by atoms with Gasteiger partial charge in [-0.3, -0.25) is 4.79 Å². The fraction of sp³-hybridized carbons (Fsp3) is 0.222. The van der Waals surface area contributed by atoms with Crippen LogP contribution in [0.4, 0.5) is 11.5 Å². The second kappa shape index (κ2) is 6.50. The molecule has 1 aliphatic heterocycles.